The lowest BCUT2D eigenvalue weighted by molar-refractivity contribution is -0.121. The van der Waals surface area contributed by atoms with Crippen LogP contribution in [0.4, 0.5) is 10.5 Å². The molecule has 0 aliphatic rings. The Morgan fingerprint density at radius 2 is 1.71 bits per heavy atom. The zero-order chi connectivity index (χ0) is 22.6. The Labute approximate surface area is 189 Å². The monoisotopic (exact) mass is 446 g/mol. The number of hydrogen-bond acceptors (Lipinski definition) is 4. The number of rotatable bonds is 11. The first-order chi connectivity index (χ1) is 15.0. The van der Waals surface area contributed by atoms with Gasteiger partial charge in [0, 0.05) is 30.2 Å². The standard InChI is InChI=1S/C23H31ClN4O3/c1-4-28(5-2)21(19-8-6-7-9-20(19)24)16-26-22(29)14-15-25-23(30)27-17-10-12-18(31-3)13-11-17/h6-13,21H,4-5,14-16H2,1-3H3,(H,26,29)(H2,25,27,30). The molecular formula is C23H31ClN4O3. The molecule has 7 nitrogen and oxygen atoms in total. The van der Waals surface area contributed by atoms with Gasteiger partial charge in [-0.3, -0.25) is 9.69 Å². The number of nitrogens with one attached hydrogen (secondary N) is 3. The number of amides is 3. The lowest BCUT2D eigenvalue weighted by Crippen LogP contribution is -2.39. The Balaban J connectivity index is 1.80. The number of anilines is 1. The summed E-state index contributed by atoms with van der Waals surface area (Å²) in [7, 11) is 1.58. The molecule has 8 heteroatoms. The molecule has 0 aromatic heterocycles. The molecule has 2 aromatic rings. The fourth-order valence-corrected chi connectivity index (χ4v) is 3.55. The molecule has 2 rings (SSSR count). The molecule has 2 aromatic carbocycles. The van der Waals surface area contributed by atoms with Gasteiger partial charge in [-0.25, -0.2) is 4.79 Å². The number of likely N-dealkylation sites (N-methyl/N-ethyl adjacent to an activating group) is 1. The average molecular weight is 447 g/mol. The van der Waals surface area contributed by atoms with Gasteiger partial charge in [-0.05, 0) is 49.0 Å². The van der Waals surface area contributed by atoms with Crippen LogP contribution in [0.25, 0.3) is 0 Å². The van der Waals surface area contributed by atoms with Crippen LogP contribution in [0.5, 0.6) is 5.75 Å². The van der Waals surface area contributed by atoms with Gasteiger partial charge in [0.15, 0.2) is 0 Å². The van der Waals surface area contributed by atoms with Crippen molar-refractivity contribution in [2.75, 3.05) is 38.6 Å². The second kappa shape index (κ2) is 12.8. The minimum atomic E-state index is -0.366. The molecule has 3 N–H and O–H groups in total. The van der Waals surface area contributed by atoms with Crippen molar-refractivity contribution in [2.45, 2.75) is 26.3 Å². The predicted molar refractivity (Wildman–Crippen MR) is 125 cm³/mol. The fourth-order valence-electron chi connectivity index (χ4n) is 3.28. The van der Waals surface area contributed by atoms with Crippen LogP contribution in [0.1, 0.15) is 31.9 Å². The van der Waals surface area contributed by atoms with Crippen molar-refractivity contribution in [2.24, 2.45) is 0 Å². The summed E-state index contributed by atoms with van der Waals surface area (Å²) in [5, 5.41) is 9.06. The van der Waals surface area contributed by atoms with Gasteiger partial charge in [0.2, 0.25) is 5.91 Å². The van der Waals surface area contributed by atoms with Crippen LogP contribution in [-0.2, 0) is 4.79 Å². The molecule has 0 radical (unpaired) electrons. The maximum atomic E-state index is 12.3. The largest absolute Gasteiger partial charge is 0.497 e. The number of benzene rings is 2. The zero-order valence-electron chi connectivity index (χ0n) is 18.3. The van der Waals surface area contributed by atoms with Crippen LogP contribution < -0.4 is 20.7 Å². The molecule has 0 aliphatic heterocycles. The van der Waals surface area contributed by atoms with Gasteiger partial charge < -0.3 is 20.7 Å². The number of ether oxygens (including phenoxy) is 1. The SMILES string of the molecule is CCN(CC)C(CNC(=O)CCNC(=O)Nc1ccc(OC)cc1)c1ccccc1Cl. The Kier molecular flexibility index (Phi) is 10.1. The molecule has 0 bridgehead atoms. The van der Waals surface area contributed by atoms with E-state index in [1.54, 1.807) is 31.4 Å². The maximum Gasteiger partial charge on any atom is 0.319 e. The van der Waals surface area contributed by atoms with E-state index in [9.17, 15) is 9.59 Å². The van der Waals surface area contributed by atoms with Crippen LogP contribution in [-0.4, -0.2) is 50.1 Å². The van der Waals surface area contributed by atoms with E-state index in [1.807, 2.05) is 24.3 Å². The maximum absolute atomic E-state index is 12.3. The molecule has 1 unspecified atom stereocenters. The van der Waals surface area contributed by atoms with Gasteiger partial charge in [-0.1, -0.05) is 43.6 Å². The van der Waals surface area contributed by atoms with Crippen molar-refractivity contribution in [3.63, 3.8) is 0 Å². The van der Waals surface area contributed by atoms with Crippen molar-refractivity contribution >= 4 is 29.2 Å². The van der Waals surface area contributed by atoms with Crippen molar-refractivity contribution in [3.8, 4) is 5.75 Å². The molecule has 3 amide bonds. The fraction of sp³-hybridized carbons (Fsp3) is 0.391. The van der Waals surface area contributed by atoms with Crippen LogP contribution in [0.3, 0.4) is 0 Å². The van der Waals surface area contributed by atoms with Crippen LogP contribution in [0, 0.1) is 0 Å². The number of nitrogens with zero attached hydrogens (tertiary/aromatic N) is 1. The summed E-state index contributed by atoms with van der Waals surface area (Å²) in [4.78, 5) is 26.6. The first-order valence-electron chi connectivity index (χ1n) is 10.4. The quantitative estimate of drug-likeness (QED) is 0.486. The Bertz CT molecular complexity index is 841. The molecule has 31 heavy (non-hydrogen) atoms. The molecular weight excluding hydrogens is 416 g/mol. The number of methoxy groups -OCH3 is 1. The predicted octanol–water partition coefficient (Wildman–Crippen LogP) is 4.06. The zero-order valence-corrected chi connectivity index (χ0v) is 19.0. The third kappa shape index (κ3) is 7.77. The van der Waals surface area contributed by atoms with Gasteiger partial charge in [-0.2, -0.15) is 0 Å². The van der Waals surface area contributed by atoms with E-state index in [0.717, 1.165) is 18.7 Å². The Morgan fingerprint density at radius 1 is 1.03 bits per heavy atom. The minimum absolute atomic E-state index is 0.0148. The number of hydrogen-bond donors (Lipinski definition) is 3. The smallest absolute Gasteiger partial charge is 0.319 e. The van der Waals surface area contributed by atoms with E-state index in [4.69, 9.17) is 16.3 Å². The summed E-state index contributed by atoms with van der Waals surface area (Å²) in [6, 6.07) is 14.3. The highest BCUT2D eigenvalue weighted by Crippen LogP contribution is 2.27. The second-order valence-corrected chi connectivity index (χ2v) is 7.33. The van der Waals surface area contributed by atoms with Crippen molar-refractivity contribution < 1.29 is 14.3 Å². The van der Waals surface area contributed by atoms with E-state index in [1.165, 1.54) is 0 Å². The minimum Gasteiger partial charge on any atom is -0.497 e. The summed E-state index contributed by atoms with van der Waals surface area (Å²) in [6.45, 7) is 6.53. The van der Waals surface area contributed by atoms with Gasteiger partial charge >= 0.3 is 6.03 Å². The molecule has 0 saturated carbocycles. The third-order valence-corrected chi connectivity index (χ3v) is 5.34. The summed E-state index contributed by atoms with van der Waals surface area (Å²) in [6.07, 6.45) is 0.184. The number of halogens is 1. The van der Waals surface area contributed by atoms with E-state index < -0.39 is 0 Å². The van der Waals surface area contributed by atoms with E-state index in [0.29, 0.717) is 23.0 Å². The van der Waals surface area contributed by atoms with Gasteiger partial charge in [0.1, 0.15) is 5.75 Å². The molecule has 1 atom stereocenters. The highest BCUT2D eigenvalue weighted by atomic mass is 35.5. The van der Waals surface area contributed by atoms with Crippen molar-refractivity contribution in [3.05, 3.63) is 59.1 Å². The number of carbonyl (C=O) groups excluding carboxylic acids is 2. The van der Waals surface area contributed by atoms with Crippen molar-refractivity contribution in [1.29, 1.82) is 0 Å². The Hall–Kier alpha value is -2.77. The van der Waals surface area contributed by atoms with Gasteiger partial charge in [-0.15, -0.1) is 0 Å². The van der Waals surface area contributed by atoms with Gasteiger partial charge in [0.25, 0.3) is 0 Å². The third-order valence-electron chi connectivity index (χ3n) is 5.00. The lowest BCUT2D eigenvalue weighted by Gasteiger charge is -2.31. The number of urea groups is 1. The first kappa shape index (κ1) is 24.5. The average Bonchev–Trinajstić information content (AvgIpc) is 2.78. The van der Waals surface area contributed by atoms with E-state index >= 15 is 0 Å². The van der Waals surface area contributed by atoms with E-state index in [2.05, 4.69) is 34.7 Å². The molecule has 0 saturated heterocycles. The highest BCUT2D eigenvalue weighted by Gasteiger charge is 2.21. The van der Waals surface area contributed by atoms with Crippen molar-refractivity contribution in [1.82, 2.24) is 15.5 Å². The topological polar surface area (TPSA) is 82.7 Å². The summed E-state index contributed by atoms with van der Waals surface area (Å²) >= 11 is 6.39. The number of carbonyl (C=O) groups is 2. The van der Waals surface area contributed by atoms with Crippen LogP contribution >= 0.6 is 11.6 Å². The molecule has 0 spiro atoms. The molecule has 0 heterocycles. The van der Waals surface area contributed by atoms with Gasteiger partial charge in [0.05, 0.1) is 13.2 Å². The summed E-state index contributed by atoms with van der Waals surface area (Å²) in [5.74, 6) is 0.580. The normalized spacial score (nSPS) is 11.6. The first-order valence-corrected chi connectivity index (χ1v) is 10.8. The molecule has 168 valence electrons. The molecule has 0 aliphatic carbocycles. The Morgan fingerprint density at radius 3 is 2.32 bits per heavy atom. The van der Waals surface area contributed by atoms with E-state index in [-0.39, 0.29) is 30.9 Å². The molecule has 0 fully saturated rings. The van der Waals surface area contributed by atoms with Crippen LogP contribution in [0.15, 0.2) is 48.5 Å². The van der Waals surface area contributed by atoms with Crippen LogP contribution in [0.2, 0.25) is 5.02 Å². The lowest BCUT2D eigenvalue weighted by atomic mass is 10.0. The second-order valence-electron chi connectivity index (χ2n) is 6.92. The summed E-state index contributed by atoms with van der Waals surface area (Å²) in [5.41, 5.74) is 1.63. The highest BCUT2D eigenvalue weighted by molar-refractivity contribution is 6.31. The summed E-state index contributed by atoms with van der Waals surface area (Å²) < 4.78 is 5.09.